The van der Waals surface area contributed by atoms with Crippen molar-refractivity contribution in [3.63, 3.8) is 0 Å². The topological polar surface area (TPSA) is 40.5 Å². The van der Waals surface area contributed by atoms with Crippen molar-refractivity contribution >= 4 is 5.97 Å². The van der Waals surface area contributed by atoms with E-state index in [0.29, 0.717) is 6.42 Å². The van der Waals surface area contributed by atoms with Crippen molar-refractivity contribution in [2.75, 3.05) is 13.1 Å². The molecule has 0 amide bonds. The summed E-state index contributed by atoms with van der Waals surface area (Å²) in [5.41, 5.74) is 0. The Morgan fingerprint density at radius 1 is 1.50 bits per heavy atom. The summed E-state index contributed by atoms with van der Waals surface area (Å²) in [6.07, 6.45) is 0.00840. The Hall–Kier alpha value is -0.710. The van der Waals surface area contributed by atoms with Gasteiger partial charge < -0.3 is 5.11 Å². The fourth-order valence-electron chi connectivity index (χ4n) is 1.75. The highest BCUT2D eigenvalue weighted by molar-refractivity contribution is 5.73. The van der Waals surface area contributed by atoms with Crippen molar-refractivity contribution < 1.29 is 18.7 Å². The second kappa shape index (κ2) is 4.21. The predicted molar refractivity (Wildman–Crippen MR) is 47.5 cm³/mol. The number of aliphatic carboxylic acids is 1. The van der Waals surface area contributed by atoms with Crippen LogP contribution >= 0.6 is 0 Å². The Bertz CT molecular complexity index is 211. The third kappa shape index (κ3) is 2.64. The number of hydrogen-bond acceptors (Lipinski definition) is 2. The first-order chi connectivity index (χ1) is 6.46. The lowest BCUT2D eigenvalue weighted by atomic mass is 10.0. The second-order valence-corrected chi connectivity index (χ2v) is 3.65. The van der Waals surface area contributed by atoms with Crippen LogP contribution in [-0.2, 0) is 4.79 Å². The number of rotatable bonds is 3. The molecule has 0 aliphatic carbocycles. The molecule has 0 saturated carbocycles. The van der Waals surface area contributed by atoms with Gasteiger partial charge in [0.2, 0.25) is 0 Å². The summed E-state index contributed by atoms with van der Waals surface area (Å²) in [6, 6.07) is -0.605. The predicted octanol–water partition coefficient (Wildman–Crippen LogP) is 1.58. The average molecular weight is 207 g/mol. The molecule has 1 rings (SSSR count). The molecule has 1 aliphatic heterocycles. The minimum absolute atomic E-state index is 0.178. The van der Waals surface area contributed by atoms with Crippen LogP contribution in [0, 0.1) is 0 Å². The minimum atomic E-state index is -2.60. The van der Waals surface area contributed by atoms with Crippen LogP contribution in [0.2, 0.25) is 0 Å². The lowest BCUT2D eigenvalue weighted by molar-refractivity contribution is -0.146. The summed E-state index contributed by atoms with van der Waals surface area (Å²) in [4.78, 5) is 12.4. The molecule has 3 nitrogen and oxygen atoms in total. The van der Waals surface area contributed by atoms with E-state index in [-0.39, 0.29) is 25.9 Å². The highest BCUT2D eigenvalue weighted by atomic mass is 19.3. The van der Waals surface area contributed by atoms with Crippen molar-refractivity contribution in [2.24, 2.45) is 0 Å². The summed E-state index contributed by atoms with van der Waals surface area (Å²) in [5.74, 6) is -3.52. The molecule has 0 bridgehead atoms. The maximum Gasteiger partial charge on any atom is 0.320 e. The van der Waals surface area contributed by atoms with Gasteiger partial charge in [0, 0.05) is 25.9 Å². The molecule has 1 heterocycles. The third-order valence-electron chi connectivity index (χ3n) is 2.64. The minimum Gasteiger partial charge on any atom is -0.480 e. The van der Waals surface area contributed by atoms with Crippen LogP contribution in [-0.4, -0.2) is 41.0 Å². The van der Waals surface area contributed by atoms with Crippen molar-refractivity contribution in [3.05, 3.63) is 0 Å². The van der Waals surface area contributed by atoms with Gasteiger partial charge in [-0.2, -0.15) is 0 Å². The molecule has 1 fully saturated rings. The van der Waals surface area contributed by atoms with Crippen LogP contribution in [0.4, 0.5) is 8.78 Å². The molecule has 0 aromatic rings. The first kappa shape index (κ1) is 11.4. The van der Waals surface area contributed by atoms with E-state index in [0.717, 1.165) is 0 Å². The number of alkyl halides is 2. The van der Waals surface area contributed by atoms with Gasteiger partial charge in [-0.15, -0.1) is 0 Å². The van der Waals surface area contributed by atoms with Gasteiger partial charge in [0.05, 0.1) is 0 Å². The van der Waals surface area contributed by atoms with Crippen LogP contribution in [0.25, 0.3) is 0 Å². The lowest BCUT2D eigenvalue weighted by Gasteiger charge is -2.35. The number of piperidine rings is 1. The fourth-order valence-corrected chi connectivity index (χ4v) is 1.75. The third-order valence-corrected chi connectivity index (χ3v) is 2.64. The van der Waals surface area contributed by atoms with E-state index < -0.39 is 17.9 Å². The summed E-state index contributed by atoms with van der Waals surface area (Å²) < 4.78 is 25.5. The monoisotopic (exact) mass is 207 g/mol. The molecule has 1 N–H and O–H groups in total. The number of likely N-dealkylation sites (tertiary alicyclic amines) is 1. The molecule has 1 aliphatic rings. The normalized spacial score (nSPS) is 24.5. The van der Waals surface area contributed by atoms with Crippen LogP contribution in [0.5, 0.6) is 0 Å². The maximum absolute atomic E-state index is 12.8. The molecule has 5 heteroatoms. The Labute approximate surface area is 81.7 Å². The Kier molecular flexibility index (Phi) is 3.42. The smallest absolute Gasteiger partial charge is 0.320 e. The number of carboxylic acid groups (broad SMARTS) is 1. The van der Waals surface area contributed by atoms with E-state index in [4.69, 9.17) is 5.11 Å². The lowest BCUT2D eigenvalue weighted by Crippen LogP contribution is -2.48. The van der Waals surface area contributed by atoms with Crippen molar-refractivity contribution in [1.82, 2.24) is 4.90 Å². The maximum atomic E-state index is 12.8. The second-order valence-electron chi connectivity index (χ2n) is 3.65. The first-order valence-electron chi connectivity index (χ1n) is 4.81. The van der Waals surface area contributed by atoms with Crippen LogP contribution in [0.1, 0.15) is 26.2 Å². The van der Waals surface area contributed by atoms with Gasteiger partial charge in [0.25, 0.3) is 5.92 Å². The molecule has 14 heavy (non-hydrogen) atoms. The number of hydrogen-bond donors (Lipinski definition) is 1. The zero-order chi connectivity index (χ0) is 10.8. The van der Waals surface area contributed by atoms with Crippen LogP contribution in [0.15, 0.2) is 0 Å². The molecule has 1 atom stereocenters. The van der Waals surface area contributed by atoms with Gasteiger partial charge in [0.1, 0.15) is 6.04 Å². The number of carbonyl (C=O) groups is 1. The molecular formula is C9H15F2NO2. The Morgan fingerprint density at radius 2 is 2.00 bits per heavy atom. The van der Waals surface area contributed by atoms with Gasteiger partial charge in [-0.05, 0) is 6.42 Å². The van der Waals surface area contributed by atoms with Gasteiger partial charge >= 0.3 is 5.97 Å². The fraction of sp³-hybridized carbons (Fsp3) is 0.889. The van der Waals surface area contributed by atoms with Crippen molar-refractivity contribution in [2.45, 2.75) is 38.2 Å². The van der Waals surface area contributed by atoms with Crippen molar-refractivity contribution in [1.29, 1.82) is 0 Å². The Balaban J connectivity index is 2.51. The molecular weight excluding hydrogens is 192 g/mol. The quantitative estimate of drug-likeness (QED) is 0.763. The Morgan fingerprint density at radius 3 is 2.36 bits per heavy atom. The molecule has 0 aromatic carbocycles. The summed E-state index contributed by atoms with van der Waals surface area (Å²) in [6.45, 7) is 2.11. The van der Waals surface area contributed by atoms with Gasteiger partial charge in [0.15, 0.2) is 0 Å². The average Bonchev–Trinajstić information content (AvgIpc) is 2.08. The summed E-state index contributed by atoms with van der Waals surface area (Å²) in [5, 5.41) is 8.83. The standard InChI is InChI=1S/C9H15F2NO2/c1-2-7(8(13)14)12-5-3-9(10,11)4-6-12/h7H,2-6H2,1H3,(H,13,14)/t7-/m1/s1. The van der Waals surface area contributed by atoms with E-state index >= 15 is 0 Å². The first-order valence-corrected chi connectivity index (χ1v) is 4.81. The van der Waals surface area contributed by atoms with E-state index in [1.54, 1.807) is 11.8 Å². The van der Waals surface area contributed by atoms with Crippen LogP contribution in [0.3, 0.4) is 0 Å². The van der Waals surface area contributed by atoms with Gasteiger partial charge in [-0.3, -0.25) is 9.69 Å². The van der Waals surface area contributed by atoms with Crippen molar-refractivity contribution in [3.8, 4) is 0 Å². The van der Waals surface area contributed by atoms with E-state index in [1.165, 1.54) is 0 Å². The number of halogens is 2. The SMILES string of the molecule is CC[C@H](C(=O)O)N1CCC(F)(F)CC1. The number of nitrogens with zero attached hydrogens (tertiary/aromatic N) is 1. The number of carboxylic acids is 1. The van der Waals surface area contributed by atoms with E-state index in [1.807, 2.05) is 0 Å². The molecule has 0 unspecified atom stereocenters. The largest absolute Gasteiger partial charge is 0.480 e. The summed E-state index contributed by atoms with van der Waals surface area (Å²) >= 11 is 0. The molecule has 0 spiro atoms. The molecule has 0 radical (unpaired) electrons. The zero-order valence-electron chi connectivity index (χ0n) is 8.17. The summed E-state index contributed by atoms with van der Waals surface area (Å²) in [7, 11) is 0. The van der Waals surface area contributed by atoms with E-state index in [2.05, 4.69) is 0 Å². The van der Waals surface area contributed by atoms with E-state index in [9.17, 15) is 13.6 Å². The zero-order valence-corrected chi connectivity index (χ0v) is 8.17. The molecule has 0 aromatic heterocycles. The highest BCUT2D eigenvalue weighted by Gasteiger charge is 2.37. The highest BCUT2D eigenvalue weighted by Crippen LogP contribution is 2.28. The van der Waals surface area contributed by atoms with Crippen LogP contribution < -0.4 is 0 Å². The molecule has 82 valence electrons. The van der Waals surface area contributed by atoms with Gasteiger partial charge in [-0.25, -0.2) is 8.78 Å². The molecule has 1 saturated heterocycles. The van der Waals surface area contributed by atoms with Gasteiger partial charge in [-0.1, -0.05) is 6.92 Å².